The van der Waals surface area contributed by atoms with E-state index < -0.39 is 0 Å². The molecular weight excluding hydrogens is 376 g/mol. The highest BCUT2D eigenvalue weighted by atomic mass is 16.2. The molecule has 5 heteroatoms. The molecular formula is C25H30N2O3. The molecule has 158 valence electrons. The van der Waals surface area contributed by atoms with Crippen LogP contribution in [0.2, 0.25) is 0 Å². The first-order valence-corrected chi connectivity index (χ1v) is 10.7. The van der Waals surface area contributed by atoms with Crippen molar-refractivity contribution >= 4 is 17.6 Å². The van der Waals surface area contributed by atoms with Crippen molar-refractivity contribution in [1.29, 1.82) is 0 Å². The van der Waals surface area contributed by atoms with Gasteiger partial charge in [-0.15, -0.1) is 0 Å². The first-order chi connectivity index (χ1) is 14.5. The number of nitrogens with zero attached hydrogens (tertiary/aromatic N) is 1. The molecule has 0 radical (unpaired) electrons. The summed E-state index contributed by atoms with van der Waals surface area (Å²) in [6.45, 7) is 5.84. The van der Waals surface area contributed by atoms with Crippen molar-refractivity contribution < 1.29 is 14.4 Å². The molecule has 2 aromatic rings. The second-order valence-corrected chi connectivity index (χ2v) is 7.97. The van der Waals surface area contributed by atoms with E-state index >= 15 is 0 Å². The van der Waals surface area contributed by atoms with E-state index in [1.54, 1.807) is 30.3 Å². The summed E-state index contributed by atoms with van der Waals surface area (Å²) in [6, 6.07) is 12.4. The van der Waals surface area contributed by atoms with E-state index in [9.17, 15) is 14.4 Å². The smallest absolute Gasteiger partial charge is 0.252 e. The number of carbonyl (C=O) groups is 3. The number of hydrogen-bond acceptors (Lipinski definition) is 3. The Morgan fingerprint density at radius 1 is 0.867 bits per heavy atom. The quantitative estimate of drug-likeness (QED) is 0.736. The molecule has 0 saturated carbocycles. The predicted octanol–water partition coefficient (Wildman–Crippen LogP) is 4.06. The Bertz CT molecular complexity index is 928. The van der Waals surface area contributed by atoms with Crippen molar-refractivity contribution in [3.63, 3.8) is 0 Å². The fourth-order valence-corrected chi connectivity index (χ4v) is 3.77. The van der Waals surface area contributed by atoms with Gasteiger partial charge in [-0.2, -0.15) is 0 Å². The lowest BCUT2D eigenvalue weighted by Crippen LogP contribution is -2.35. The van der Waals surface area contributed by atoms with Crippen LogP contribution in [0.15, 0.2) is 42.5 Å². The van der Waals surface area contributed by atoms with E-state index in [0.717, 1.165) is 37.1 Å². The summed E-state index contributed by atoms with van der Waals surface area (Å²) >= 11 is 0. The van der Waals surface area contributed by atoms with Crippen LogP contribution in [0.3, 0.4) is 0 Å². The summed E-state index contributed by atoms with van der Waals surface area (Å²) in [6.07, 6.45) is 4.72. The van der Waals surface area contributed by atoms with Crippen LogP contribution in [0.1, 0.15) is 69.5 Å². The van der Waals surface area contributed by atoms with Crippen LogP contribution in [0.25, 0.3) is 0 Å². The molecule has 1 heterocycles. The zero-order valence-corrected chi connectivity index (χ0v) is 17.9. The van der Waals surface area contributed by atoms with E-state index in [4.69, 9.17) is 0 Å². The average Bonchev–Trinajstić information content (AvgIpc) is 3.04. The lowest BCUT2D eigenvalue weighted by Gasteiger charge is -2.20. The molecule has 1 aliphatic heterocycles. The summed E-state index contributed by atoms with van der Waals surface area (Å²) in [7, 11) is 0. The monoisotopic (exact) mass is 406 g/mol. The molecule has 2 aromatic carbocycles. The molecule has 0 aliphatic carbocycles. The molecule has 1 fully saturated rings. The highest BCUT2D eigenvalue weighted by Crippen LogP contribution is 2.18. The molecule has 0 bridgehead atoms. The van der Waals surface area contributed by atoms with E-state index in [2.05, 4.69) is 5.32 Å². The zero-order valence-electron chi connectivity index (χ0n) is 17.9. The number of ketones is 1. The van der Waals surface area contributed by atoms with Crippen LogP contribution >= 0.6 is 0 Å². The maximum atomic E-state index is 13.0. The van der Waals surface area contributed by atoms with Gasteiger partial charge in [0, 0.05) is 37.2 Å². The number of rotatable bonds is 6. The third-order valence-electron chi connectivity index (χ3n) is 5.77. The van der Waals surface area contributed by atoms with Crippen LogP contribution < -0.4 is 5.32 Å². The number of hydrogen-bond donors (Lipinski definition) is 1. The van der Waals surface area contributed by atoms with Crippen molar-refractivity contribution in [2.24, 2.45) is 0 Å². The van der Waals surface area contributed by atoms with Crippen molar-refractivity contribution in [1.82, 2.24) is 10.2 Å². The summed E-state index contributed by atoms with van der Waals surface area (Å²) in [5.41, 5.74) is 3.43. The summed E-state index contributed by atoms with van der Waals surface area (Å²) in [5.74, 6) is -0.423. The van der Waals surface area contributed by atoms with Crippen molar-refractivity contribution in [2.75, 3.05) is 19.6 Å². The van der Waals surface area contributed by atoms with Crippen LogP contribution in [0, 0.1) is 13.8 Å². The van der Waals surface area contributed by atoms with E-state index in [1.165, 1.54) is 12.8 Å². The molecule has 30 heavy (non-hydrogen) atoms. The Morgan fingerprint density at radius 2 is 1.53 bits per heavy atom. The first kappa shape index (κ1) is 21.8. The lowest BCUT2D eigenvalue weighted by atomic mass is 9.95. The second kappa shape index (κ2) is 10.2. The van der Waals surface area contributed by atoms with E-state index in [1.807, 2.05) is 30.9 Å². The molecule has 0 unspecified atom stereocenters. The highest BCUT2D eigenvalue weighted by Gasteiger charge is 2.19. The normalized spacial score (nSPS) is 14.1. The molecule has 5 nitrogen and oxygen atoms in total. The largest absolute Gasteiger partial charge is 0.351 e. The van der Waals surface area contributed by atoms with Crippen molar-refractivity contribution in [3.8, 4) is 0 Å². The molecule has 1 saturated heterocycles. The fourth-order valence-electron chi connectivity index (χ4n) is 3.77. The van der Waals surface area contributed by atoms with Gasteiger partial charge in [-0.1, -0.05) is 43.2 Å². The number of likely N-dealkylation sites (tertiary alicyclic amines) is 1. The maximum Gasteiger partial charge on any atom is 0.252 e. The molecule has 2 amide bonds. The van der Waals surface area contributed by atoms with Gasteiger partial charge >= 0.3 is 0 Å². The van der Waals surface area contributed by atoms with Gasteiger partial charge in [0.2, 0.25) is 5.91 Å². The number of amides is 2. The summed E-state index contributed by atoms with van der Waals surface area (Å²) in [5, 5.41) is 2.81. The first-order valence-electron chi connectivity index (χ1n) is 10.7. The Morgan fingerprint density at radius 3 is 2.20 bits per heavy atom. The molecule has 0 aromatic heterocycles. The summed E-state index contributed by atoms with van der Waals surface area (Å²) < 4.78 is 0. The SMILES string of the molecule is Cc1ccc(C(=O)c2ccccc2C(=O)NCCC(=O)N2CCCCCC2)cc1C. The van der Waals surface area contributed by atoms with Gasteiger partial charge in [0.1, 0.15) is 0 Å². The number of aryl methyl sites for hydroxylation is 2. The molecule has 1 N–H and O–H groups in total. The second-order valence-electron chi connectivity index (χ2n) is 7.97. The van der Waals surface area contributed by atoms with Gasteiger partial charge in [0.05, 0.1) is 5.56 Å². The number of nitrogens with one attached hydrogen (secondary N) is 1. The minimum atomic E-state index is -0.327. The van der Waals surface area contributed by atoms with E-state index in [-0.39, 0.29) is 30.6 Å². The average molecular weight is 407 g/mol. The standard InChI is InChI=1S/C25H30N2O3/c1-18-11-12-20(17-19(18)2)24(29)21-9-5-6-10-22(21)25(30)26-14-13-23(28)27-15-7-3-4-8-16-27/h5-6,9-12,17H,3-4,7-8,13-16H2,1-2H3,(H,26,30). The molecule has 3 rings (SSSR count). The van der Waals surface area contributed by atoms with Gasteiger partial charge < -0.3 is 10.2 Å². The Balaban J connectivity index is 1.64. The highest BCUT2D eigenvalue weighted by molar-refractivity contribution is 6.15. The van der Waals surface area contributed by atoms with Gasteiger partial charge in [-0.3, -0.25) is 14.4 Å². The van der Waals surface area contributed by atoms with E-state index in [0.29, 0.717) is 16.7 Å². The fraction of sp³-hybridized carbons (Fsp3) is 0.400. The lowest BCUT2D eigenvalue weighted by molar-refractivity contribution is -0.131. The third-order valence-corrected chi connectivity index (χ3v) is 5.77. The van der Waals surface area contributed by atoms with Crippen molar-refractivity contribution in [2.45, 2.75) is 46.0 Å². The van der Waals surface area contributed by atoms with Gasteiger partial charge in [0.15, 0.2) is 5.78 Å². The van der Waals surface area contributed by atoms with Crippen LogP contribution in [-0.2, 0) is 4.79 Å². The minimum absolute atomic E-state index is 0.0803. The van der Waals surface area contributed by atoms with Gasteiger partial charge in [-0.25, -0.2) is 0 Å². The Labute approximate surface area is 178 Å². The topological polar surface area (TPSA) is 66.5 Å². The van der Waals surface area contributed by atoms with Crippen LogP contribution in [0.4, 0.5) is 0 Å². The van der Waals surface area contributed by atoms with Crippen molar-refractivity contribution in [3.05, 3.63) is 70.3 Å². The number of carbonyl (C=O) groups excluding carboxylic acids is 3. The predicted molar refractivity (Wildman–Crippen MR) is 118 cm³/mol. The zero-order chi connectivity index (χ0) is 21.5. The van der Waals surface area contributed by atoms with Crippen LogP contribution in [-0.4, -0.2) is 42.1 Å². The van der Waals surface area contributed by atoms with Gasteiger partial charge in [-0.05, 0) is 49.9 Å². The minimum Gasteiger partial charge on any atom is -0.351 e. The molecule has 0 spiro atoms. The van der Waals surface area contributed by atoms with Gasteiger partial charge in [0.25, 0.3) is 5.91 Å². The third kappa shape index (κ3) is 5.35. The summed E-state index contributed by atoms with van der Waals surface area (Å²) in [4.78, 5) is 40.1. The van der Waals surface area contributed by atoms with Crippen LogP contribution in [0.5, 0.6) is 0 Å². The Kier molecular flexibility index (Phi) is 7.39. The molecule has 1 aliphatic rings. The number of benzene rings is 2. The molecule has 0 atom stereocenters. The maximum absolute atomic E-state index is 13.0. The Hall–Kier alpha value is -2.95.